The molecule has 0 aliphatic carbocycles. The minimum absolute atomic E-state index is 0.0501. The topological polar surface area (TPSA) is 75.6 Å². The molecule has 0 saturated carbocycles. The number of aliphatic carboxylic acids is 1. The number of carboxylic acids is 1. The number of halogens is 2. The summed E-state index contributed by atoms with van der Waals surface area (Å²) in [5.41, 5.74) is 1.12. The fourth-order valence-electron chi connectivity index (χ4n) is 2.18. The monoisotopic (exact) mass is 349 g/mol. The fourth-order valence-corrected chi connectivity index (χ4v) is 2.18. The molecule has 0 aliphatic heterocycles. The van der Waals surface area contributed by atoms with Crippen molar-refractivity contribution in [3.05, 3.63) is 71.3 Å². The van der Waals surface area contributed by atoms with Gasteiger partial charge in [0.15, 0.2) is 11.6 Å². The third-order valence-corrected chi connectivity index (χ3v) is 3.52. The number of carboxylic acid groups (broad SMARTS) is 1. The van der Waals surface area contributed by atoms with Gasteiger partial charge in [-0.25, -0.2) is 13.6 Å². The lowest BCUT2D eigenvalue weighted by molar-refractivity contribution is -0.141. The van der Waals surface area contributed by atoms with Crippen LogP contribution in [0.1, 0.15) is 11.1 Å². The highest BCUT2D eigenvalue weighted by Crippen LogP contribution is 2.13. The smallest absolute Gasteiger partial charge is 0.407 e. The summed E-state index contributed by atoms with van der Waals surface area (Å²) in [4.78, 5) is 22.9. The standard InChI is InChI=1S/C18H17F2NO4/c19-15-7-6-13(9-16(15)20)8-14(17(22)23)10-21-18(24)25-11-12-4-2-1-3-5-12/h1-7,9,14H,8,10-11H2,(H,21,24)(H,22,23)/t14-/m0/s1. The number of nitrogens with one attached hydrogen (secondary N) is 1. The Morgan fingerprint density at radius 3 is 2.40 bits per heavy atom. The number of amides is 1. The maximum Gasteiger partial charge on any atom is 0.407 e. The van der Waals surface area contributed by atoms with Crippen LogP contribution in [0.5, 0.6) is 0 Å². The fraction of sp³-hybridized carbons (Fsp3) is 0.222. The van der Waals surface area contributed by atoms with Crippen LogP contribution in [0, 0.1) is 17.6 Å². The van der Waals surface area contributed by atoms with Gasteiger partial charge in [-0.15, -0.1) is 0 Å². The predicted octanol–water partition coefficient (Wildman–Crippen LogP) is 3.13. The maximum absolute atomic E-state index is 13.2. The number of hydrogen-bond acceptors (Lipinski definition) is 3. The second-order valence-electron chi connectivity index (χ2n) is 5.43. The molecule has 1 amide bonds. The van der Waals surface area contributed by atoms with Crippen LogP contribution < -0.4 is 5.32 Å². The maximum atomic E-state index is 13.2. The van der Waals surface area contributed by atoms with Crippen LogP contribution in [-0.4, -0.2) is 23.7 Å². The zero-order valence-corrected chi connectivity index (χ0v) is 13.2. The molecule has 2 aromatic rings. The Kier molecular flexibility index (Phi) is 6.45. The highest BCUT2D eigenvalue weighted by Gasteiger charge is 2.20. The van der Waals surface area contributed by atoms with Crippen LogP contribution in [0.3, 0.4) is 0 Å². The summed E-state index contributed by atoms with van der Waals surface area (Å²) >= 11 is 0. The Hall–Kier alpha value is -2.96. The molecule has 0 bridgehead atoms. The molecule has 132 valence electrons. The van der Waals surface area contributed by atoms with E-state index in [0.29, 0.717) is 5.56 Å². The Morgan fingerprint density at radius 2 is 1.76 bits per heavy atom. The molecule has 0 saturated heterocycles. The number of hydrogen-bond donors (Lipinski definition) is 2. The van der Waals surface area contributed by atoms with E-state index < -0.39 is 29.6 Å². The van der Waals surface area contributed by atoms with Gasteiger partial charge in [0.1, 0.15) is 6.61 Å². The molecule has 2 aromatic carbocycles. The van der Waals surface area contributed by atoms with Gasteiger partial charge < -0.3 is 15.2 Å². The molecule has 5 nitrogen and oxygen atoms in total. The highest BCUT2D eigenvalue weighted by molar-refractivity contribution is 5.72. The molecular formula is C18H17F2NO4. The van der Waals surface area contributed by atoms with Crippen LogP contribution in [0.4, 0.5) is 13.6 Å². The van der Waals surface area contributed by atoms with Gasteiger partial charge in [0.25, 0.3) is 0 Å². The van der Waals surface area contributed by atoms with Gasteiger partial charge in [-0.2, -0.15) is 0 Å². The van der Waals surface area contributed by atoms with Crippen molar-refractivity contribution in [3.63, 3.8) is 0 Å². The van der Waals surface area contributed by atoms with Crippen molar-refractivity contribution in [2.75, 3.05) is 6.54 Å². The molecule has 1 atom stereocenters. The molecule has 0 spiro atoms. The van der Waals surface area contributed by atoms with E-state index in [1.807, 2.05) is 6.07 Å². The zero-order valence-electron chi connectivity index (χ0n) is 13.2. The summed E-state index contributed by atoms with van der Waals surface area (Å²) < 4.78 is 31.1. The molecule has 2 rings (SSSR count). The summed E-state index contributed by atoms with van der Waals surface area (Å²) in [6.45, 7) is -0.129. The zero-order chi connectivity index (χ0) is 18.2. The highest BCUT2D eigenvalue weighted by atomic mass is 19.2. The first-order chi connectivity index (χ1) is 12.0. The third kappa shape index (κ3) is 5.87. The van der Waals surface area contributed by atoms with Crippen molar-refractivity contribution in [2.45, 2.75) is 13.0 Å². The molecule has 7 heteroatoms. The number of alkyl carbamates (subject to hydrolysis) is 1. The Bertz CT molecular complexity index is 737. The first-order valence-corrected chi connectivity index (χ1v) is 7.57. The lowest BCUT2D eigenvalue weighted by atomic mass is 9.99. The van der Waals surface area contributed by atoms with Gasteiger partial charge in [-0.3, -0.25) is 4.79 Å². The SMILES string of the molecule is O=C(NC[C@H](Cc1ccc(F)c(F)c1)C(=O)O)OCc1ccccc1. The number of carbonyl (C=O) groups is 2. The van der Waals surface area contributed by atoms with Gasteiger partial charge in [0.2, 0.25) is 0 Å². The molecule has 2 N–H and O–H groups in total. The van der Waals surface area contributed by atoms with Crippen LogP contribution in [-0.2, 0) is 22.6 Å². The van der Waals surface area contributed by atoms with E-state index in [0.717, 1.165) is 17.7 Å². The van der Waals surface area contributed by atoms with E-state index in [1.165, 1.54) is 6.07 Å². The third-order valence-electron chi connectivity index (χ3n) is 3.52. The number of ether oxygens (including phenoxy) is 1. The molecule has 0 unspecified atom stereocenters. The average molecular weight is 349 g/mol. The first kappa shape index (κ1) is 18.4. The summed E-state index contributed by atoms with van der Waals surface area (Å²) in [5.74, 6) is -4.20. The van der Waals surface area contributed by atoms with E-state index >= 15 is 0 Å². The normalized spacial score (nSPS) is 11.6. The van der Waals surface area contributed by atoms with Crippen LogP contribution in [0.15, 0.2) is 48.5 Å². The van der Waals surface area contributed by atoms with Crippen molar-refractivity contribution < 1.29 is 28.2 Å². The van der Waals surface area contributed by atoms with E-state index in [4.69, 9.17) is 4.74 Å². The summed E-state index contributed by atoms with van der Waals surface area (Å²) in [6.07, 6.45) is -0.800. The van der Waals surface area contributed by atoms with Crippen molar-refractivity contribution in [1.29, 1.82) is 0 Å². The summed E-state index contributed by atoms with van der Waals surface area (Å²) in [5, 5.41) is 11.6. The molecule has 0 fully saturated rings. The Labute approximate surface area is 143 Å². The Morgan fingerprint density at radius 1 is 1.04 bits per heavy atom. The van der Waals surface area contributed by atoms with Gasteiger partial charge in [0, 0.05) is 6.54 Å². The van der Waals surface area contributed by atoms with E-state index in [1.54, 1.807) is 24.3 Å². The van der Waals surface area contributed by atoms with Crippen molar-refractivity contribution in [1.82, 2.24) is 5.32 Å². The second-order valence-corrected chi connectivity index (χ2v) is 5.43. The van der Waals surface area contributed by atoms with E-state index in [-0.39, 0.29) is 19.6 Å². The molecule has 25 heavy (non-hydrogen) atoms. The Balaban J connectivity index is 1.85. The number of rotatable bonds is 7. The van der Waals surface area contributed by atoms with Crippen LogP contribution in [0.2, 0.25) is 0 Å². The predicted molar refractivity (Wildman–Crippen MR) is 85.8 cm³/mol. The average Bonchev–Trinajstić information content (AvgIpc) is 2.60. The summed E-state index contributed by atoms with van der Waals surface area (Å²) in [6, 6.07) is 12.2. The molecule has 0 aromatic heterocycles. The molecular weight excluding hydrogens is 332 g/mol. The van der Waals surface area contributed by atoms with E-state index in [2.05, 4.69) is 5.32 Å². The van der Waals surface area contributed by atoms with Crippen molar-refractivity contribution >= 4 is 12.1 Å². The van der Waals surface area contributed by atoms with Gasteiger partial charge in [0.05, 0.1) is 5.92 Å². The lowest BCUT2D eigenvalue weighted by Gasteiger charge is -2.14. The molecule has 0 heterocycles. The van der Waals surface area contributed by atoms with Gasteiger partial charge in [-0.1, -0.05) is 36.4 Å². The largest absolute Gasteiger partial charge is 0.481 e. The molecule has 0 aliphatic rings. The van der Waals surface area contributed by atoms with Crippen molar-refractivity contribution in [2.24, 2.45) is 5.92 Å². The first-order valence-electron chi connectivity index (χ1n) is 7.57. The number of benzene rings is 2. The lowest BCUT2D eigenvalue weighted by Crippen LogP contribution is -2.34. The quantitative estimate of drug-likeness (QED) is 0.805. The minimum Gasteiger partial charge on any atom is -0.481 e. The van der Waals surface area contributed by atoms with E-state index in [9.17, 15) is 23.5 Å². The minimum atomic E-state index is -1.16. The van der Waals surface area contributed by atoms with Crippen LogP contribution >= 0.6 is 0 Å². The van der Waals surface area contributed by atoms with Gasteiger partial charge in [-0.05, 0) is 29.7 Å². The number of carbonyl (C=O) groups excluding carboxylic acids is 1. The van der Waals surface area contributed by atoms with Crippen LogP contribution in [0.25, 0.3) is 0 Å². The second kappa shape index (κ2) is 8.77. The summed E-state index contributed by atoms with van der Waals surface area (Å²) in [7, 11) is 0. The van der Waals surface area contributed by atoms with Crippen molar-refractivity contribution in [3.8, 4) is 0 Å². The van der Waals surface area contributed by atoms with Gasteiger partial charge >= 0.3 is 12.1 Å². The molecule has 0 radical (unpaired) electrons.